The number of rotatable bonds is 6. The molecule has 5 rings (SSSR count). The normalized spacial score (nSPS) is 24.3. The molecule has 0 radical (unpaired) electrons. The number of thiazole rings is 1. The summed E-state index contributed by atoms with van der Waals surface area (Å²) in [5.41, 5.74) is 2.30. The fourth-order valence-electron chi connectivity index (χ4n) is 4.84. The summed E-state index contributed by atoms with van der Waals surface area (Å²) in [4.78, 5) is 22.5. The summed E-state index contributed by atoms with van der Waals surface area (Å²) in [5, 5.41) is 1.05. The molecule has 2 fully saturated rings. The van der Waals surface area contributed by atoms with Crippen molar-refractivity contribution in [3.05, 3.63) is 34.8 Å². The van der Waals surface area contributed by atoms with Gasteiger partial charge in [-0.05, 0) is 50.2 Å². The molecule has 0 atom stereocenters. The molecule has 166 valence electrons. The summed E-state index contributed by atoms with van der Waals surface area (Å²) < 4.78 is 11.0. The van der Waals surface area contributed by atoms with Crippen molar-refractivity contribution in [1.82, 2.24) is 14.8 Å². The number of aromatic nitrogens is 1. The lowest BCUT2D eigenvalue weighted by molar-refractivity contribution is -0.142. The minimum atomic E-state index is -0.183. The van der Waals surface area contributed by atoms with Gasteiger partial charge in [0, 0.05) is 48.8 Å². The standard InChI is InChI=1S/C24H31N3O3S/c1-29-23(28)16-26-12-9-21-22(15-26)31-24(25-21)17-5-7-19(8-6-17)30-20-13-18(14-20)27-10-3-2-4-11-27/h5-8,18,20H,2-4,9-16H2,1H3. The number of nitrogens with zero attached hydrogens (tertiary/aromatic N) is 3. The van der Waals surface area contributed by atoms with E-state index in [0.717, 1.165) is 54.7 Å². The molecule has 1 saturated heterocycles. The predicted molar refractivity (Wildman–Crippen MR) is 121 cm³/mol. The van der Waals surface area contributed by atoms with Gasteiger partial charge in [-0.3, -0.25) is 9.69 Å². The molecule has 0 spiro atoms. The number of carbonyl (C=O) groups is 1. The summed E-state index contributed by atoms with van der Waals surface area (Å²) in [7, 11) is 1.44. The number of esters is 1. The Labute approximate surface area is 188 Å². The molecule has 2 aliphatic heterocycles. The summed E-state index contributed by atoms with van der Waals surface area (Å²) in [6.07, 6.45) is 7.64. The van der Waals surface area contributed by atoms with Crippen LogP contribution >= 0.6 is 11.3 Å². The lowest BCUT2D eigenvalue weighted by atomic mass is 9.86. The zero-order valence-electron chi connectivity index (χ0n) is 18.2. The molecule has 1 saturated carbocycles. The highest BCUT2D eigenvalue weighted by molar-refractivity contribution is 7.15. The van der Waals surface area contributed by atoms with Gasteiger partial charge in [-0.1, -0.05) is 6.42 Å². The third-order valence-electron chi connectivity index (χ3n) is 6.77. The number of piperidine rings is 1. The molecule has 1 aromatic carbocycles. The van der Waals surface area contributed by atoms with Crippen LogP contribution in [0.1, 0.15) is 42.7 Å². The van der Waals surface area contributed by atoms with Crippen molar-refractivity contribution in [2.45, 2.75) is 57.2 Å². The Morgan fingerprint density at radius 3 is 2.65 bits per heavy atom. The van der Waals surface area contributed by atoms with Crippen LogP contribution in [-0.2, 0) is 22.5 Å². The van der Waals surface area contributed by atoms with E-state index >= 15 is 0 Å². The highest BCUT2D eigenvalue weighted by atomic mass is 32.1. The first kappa shape index (κ1) is 20.9. The van der Waals surface area contributed by atoms with Crippen LogP contribution in [0.15, 0.2) is 24.3 Å². The number of fused-ring (bicyclic) bond motifs is 1. The quantitative estimate of drug-likeness (QED) is 0.637. The second-order valence-corrected chi connectivity index (χ2v) is 10.00. The largest absolute Gasteiger partial charge is 0.490 e. The molecule has 1 aromatic heterocycles. The summed E-state index contributed by atoms with van der Waals surface area (Å²) in [6, 6.07) is 9.12. The number of benzene rings is 1. The first-order valence-corrected chi connectivity index (χ1v) is 12.3. The molecule has 1 aliphatic carbocycles. The van der Waals surface area contributed by atoms with E-state index < -0.39 is 0 Å². The lowest BCUT2D eigenvalue weighted by Gasteiger charge is -2.44. The van der Waals surface area contributed by atoms with Crippen molar-refractivity contribution >= 4 is 17.3 Å². The summed E-state index contributed by atoms with van der Waals surface area (Å²) >= 11 is 1.73. The third-order valence-corrected chi connectivity index (χ3v) is 7.90. The molecule has 0 amide bonds. The van der Waals surface area contributed by atoms with Crippen LogP contribution < -0.4 is 4.74 Å². The van der Waals surface area contributed by atoms with Gasteiger partial charge < -0.3 is 14.4 Å². The maximum atomic E-state index is 11.6. The Morgan fingerprint density at radius 1 is 1.13 bits per heavy atom. The van der Waals surface area contributed by atoms with Crippen LogP contribution in [0.4, 0.5) is 0 Å². The zero-order valence-corrected chi connectivity index (χ0v) is 19.0. The van der Waals surface area contributed by atoms with Crippen molar-refractivity contribution in [3.63, 3.8) is 0 Å². The second kappa shape index (κ2) is 9.27. The van der Waals surface area contributed by atoms with Crippen molar-refractivity contribution in [1.29, 1.82) is 0 Å². The maximum Gasteiger partial charge on any atom is 0.319 e. The minimum absolute atomic E-state index is 0.183. The molecule has 31 heavy (non-hydrogen) atoms. The molecular formula is C24H31N3O3S. The summed E-state index contributed by atoms with van der Waals surface area (Å²) in [5.74, 6) is 0.772. The Kier molecular flexibility index (Phi) is 6.25. The number of carbonyl (C=O) groups excluding carboxylic acids is 1. The molecule has 0 N–H and O–H groups in total. The van der Waals surface area contributed by atoms with E-state index in [4.69, 9.17) is 14.5 Å². The van der Waals surface area contributed by atoms with E-state index in [1.165, 1.54) is 50.0 Å². The number of hydrogen-bond donors (Lipinski definition) is 0. The average Bonchev–Trinajstić information content (AvgIpc) is 3.20. The Morgan fingerprint density at radius 2 is 1.90 bits per heavy atom. The van der Waals surface area contributed by atoms with Crippen molar-refractivity contribution in [2.75, 3.05) is 33.3 Å². The van der Waals surface area contributed by atoms with Crippen molar-refractivity contribution in [2.24, 2.45) is 0 Å². The van der Waals surface area contributed by atoms with Gasteiger partial charge in [-0.25, -0.2) is 4.98 Å². The van der Waals surface area contributed by atoms with E-state index in [0.29, 0.717) is 12.6 Å². The maximum absolute atomic E-state index is 11.6. The van der Waals surface area contributed by atoms with Crippen LogP contribution in [-0.4, -0.2) is 66.2 Å². The van der Waals surface area contributed by atoms with E-state index in [-0.39, 0.29) is 5.97 Å². The van der Waals surface area contributed by atoms with Crippen LogP contribution in [0.5, 0.6) is 5.75 Å². The fourth-order valence-corrected chi connectivity index (χ4v) is 5.99. The smallest absolute Gasteiger partial charge is 0.319 e. The SMILES string of the molecule is COC(=O)CN1CCc2nc(-c3ccc(OC4CC(N5CCCCC5)C4)cc3)sc2C1. The molecule has 3 aliphatic rings. The topological polar surface area (TPSA) is 54.9 Å². The zero-order chi connectivity index (χ0) is 21.2. The van der Waals surface area contributed by atoms with Gasteiger partial charge in [0.15, 0.2) is 0 Å². The minimum Gasteiger partial charge on any atom is -0.490 e. The molecule has 2 aromatic rings. The number of hydrogen-bond acceptors (Lipinski definition) is 7. The van der Waals surface area contributed by atoms with Gasteiger partial charge in [-0.2, -0.15) is 0 Å². The summed E-state index contributed by atoms with van der Waals surface area (Å²) in [6.45, 7) is 4.49. The van der Waals surface area contributed by atoms with Gasteiger partial charge in [0.25, 0.3) is 0 Å². The van der Waals surface area contributed by atoms with Crippen molar-refractivity contribution < 1.29 is 14.3 Å². The lowest BCUT2D eigenvalue weighted by Crippen LogP contribution is -2.50. The van der Waals surface area contributed by atoms with Gasteiger partial charge >= 0.3 is 5.97 Å². The molecule has 7 heteroatoms. The average molecular weight is 442 g/mol. The van der Waals surface area contributed by atoms with E-state index in [9.17, 15) is 4.79 Å². The van der Waals surface area contributed by atoms with E-state index in [1.54, 1.807) is 11.3 Å². The van der Waals surface area contributed by atoms with E-state index in [1.807, 2.05) is 0 Å². The number of methoxy groups -OCH3 is 1. The molecule has 3 heterocycles. The highest BCUT2D eigenvalue weighted by Gasteiger charge is 2.35. The predicted octanol–water partition coefficient (Wildman–Crippen LogP) is 3.74. The number of likely N-dealkylation sites (tertiary alicyclic amines) is 1. The highest BCUT2D eigenvalue weighted by Crippen LogP contribution is 2.34. The second-order valence-electron chi connectivity index (χ2n) is 8.91. The van der Waals surface area contributed by atoms with Crippen LogP contribution in [0.25, 0.3) is 10.6 Å². The van der Waals surface area contributed by atoms with Gasteiger partial charge in [0.2, 0.25) is 0 Å². The van der Waals surface area contributed by atoms with Crippen LogP contribution in [0.2, 0.25) is 0 Å². The monoisotopic (exact) mass is 441 g/mol. The molecule has 0 bridgehead atoms. The third kappa shape index (κ3) is 4.78. The number of ether oxygens (including phenoxy) is 2. The fraction of sp³-hybridized carbons (Fsp3) is 0.583. The van der Waals surface area contributed by atoms with Crippen LogP contribution in [0, 0.1) is 0 Å². The first-order valence-electron chi connectivity index (χ1n) is 11.5. The Balaban J connectivity index is 1.15. The molecule has 6 nitrogen and oxygen atoms in total. The van der Waals surface area contributed by atoms with E-state index in [2.05, 4.69) is 34.1 Å². The molecule has 0 unspecified atom stereocenters. The van der Waals surface area contributed by atoms with Crippen molar-refractivity contribution in [3.8, 4) is 16.3 Å². The Hall–Kier alpha value is -1.96. The molecular weight excluding hydrogens is 410 g/mol. The van der Waals surface area contributed by atoms with Gasteiger partial charge in [-0.15, -0.1) is 11.3 Å². The Bertz CT molecular complexity index is 901. The van der Waals surface area contributed by atoms with Gasteiger partial charge in [0.1, 0.15) is 16.9 Å². The van der Waals surface area contributed by atoms with Crippen LogP contribution in [0.3, 0.4) is 0 Å². The van der Waals surface area contributed by atoms with Gasteiger partial charge in [0.05, 0.1) is 19.3 Å². The first-order chi connectivity index (χ1) is 15.2.